The van der Waals surface area contributed by atoms with E-state index in [1.54, 1.807) is 36.5 Å². The van der Waals surface area contributed by atoms with Crippen LogP contribution >= 0.6 is 0 Å². The van der Waals surface area contributed by atoms with Gasteiger partial charge in [0.2, 0.25) is 5.91 Å². The van der Waals surface area contributed by atoms with Crippen LogP contribution in [0.4, 0.5) is 0 Å². The van der Waals surface area contributed by atoms with Gasteiger partial charge in [0.15, 0.2) is 0 Å². The summed E-state index contributed by atoms with van der Waals surface area (Å²) < 4.78 is 5.49. The molecule has 4 rings (SSSR count). The quantitative estimate of drug-likeness (QED) is 0.600. The molecule has 6 nitrogen and oxygen atoms in total. The van der Waals surface area contributed by atoms with E-state index < -0.39 is 5.41 Å². The Morgan fingerprint density at radius 2 is 1.88 bits per heavy atom. The molecule has 2 heterocycles. The van der Waals surface area contributed by atoms with Crippen molar-refractivity contribution in [1.29, 1.82) is 0 Å². The molecule has 0 spiro atoms. The average molecular weight is 444 g/mol. The number of rotatable bonds is 7. The summed E-state index contributed by atoms with van der Waals surface area (Å²) in [6.07, 6.45) is 4.42. The summed E-state index contributed by atoms with van der Waals surface area (Å²) in [5, 5.41) is 2.99. The van der Waals surface area contributed by atoms with Crippen LogP contribution in [0, 0.1) is 5.41 Å². The number of hydrogen-bond donors (Lipinski definition) is 1. The van der Waals surface area contributed by atoms with Crippen molar-refractivity contribution >= 4 is 11.8 Å². The van der Waals surface area contributed by atoms with E-state index in [4.69, 9.17) is 4.74 Å². The first-order valence-electron chi connectivity index (χ1n) is 11.3. The Morgan fingerprint density at radius 3 is 2.58 bits per heavy atom. The standard InChI is InChI=1S/C27H29N3O3/c1-3-29-26(32)27(14-16-30(19-27)25(31)22-7-6-15-28-18-22)17-20-10-12-21(13-11-20)23-8-4-5-9-24(23)33-2/h4-13,15,18H,3,14,16-17,19H2,1-2H3,(H,29,32). The van der Waals surface area contributed by atoms with Crippen molar-refractivity contribution in [3.05, 3.63) is 84.2 Å². The lowest BCUT2D eigenvalue weighted by atomic mass is 9.79. The van der Waals surface area contributed by atoms with Crippen LogP contribution in [-0.2, 0) is 11.2 Å². The van der Waals surface area contributed by atoms with Crippen LogP contribution in [0.5, 0.6) is 5.75 Å². The Bertz CT molecular complexity index is 1110. The SMILES string of the molecule is CCNC(=O)C1(Cc2ccc(-c3ccccc3OC)cc2)CCN(C(=O)c2cccnc2)C1. The van der Waals surface area contributed by atoms with E-state index in [1.807, 2.05) is 31.2 Å². The van der Waals surface area contributed by atoms with Gasteiger partial charge in [0.1, 0.15) is 5.75 Å². The van der Waals surface area contributed by atoms with E-state index in [0.717, 1.165) is 22.4 Å². The predicted molar refractivity (Wildman–Crippen MR) is 128 cm³/mol. The lowest BCUT2D eigenvalue weighted by molar-refractivity contribution is -0.130. The van der Waals surface area contributed by atoms with Crippen LogP contribution < -0.4 is 10.1 Å². The lowest BCUT2D eigenvalue weighted by Crippen LogP contribution is -2.45. The van der Waals surface area contributed by atoms with Gasteiger partial charge in [-0.05, 0) is 49.1 Å². The summed E-state index contributed by atoms with van der Waals surface area (Å²) in [6.45, 7) is 3.41. The van der Waals surface area contributed by atoms with Crippen LogP contribution in [0.3, 0.4) is 0 Å². The third-order valence-corrected chi connectivity index (χ3v) is 6.28. The molecule has 1 fully saturated rings. The fourth-order valence-corrected chi connectivity index (χ4v) is 4.55. The molecule has 1 N–H and O–H groups in total. The second-order valence-corrected chi connectivity index (χ2v) is 8.43. The van der Waals surface area contributed by atoms with Crippen LogP contribution in [0.1, 0.15) is 29.3 Å². The smallest absolute Gasteiger partial charge is 0.255 e. The molecule has 1 aromatic heterocycles. The zero-order chi connectivity index (χ0) is 23.3. The summed E-state index contributed by atoms with van der Waals surface area (Å²) in [6, 6.07) is 19.7. The second-order valence-electron chi connectivity index (χ2n) is 8.43. The topological polar surface area (TPSA) is 71.5 Å². The Balaban J connectivity index is 1.56. The molecule has 1 unspecified atom stereocenters. The molecule has 33 heavy (non-hydrogen) atoms. The minimum Gasteiger partial charge on any atom is -0.496 e. The number of aromatic nitrogens is 1. The number of nitrogens with zero attached hydrogens (tertiary/aromatic N) is 2. The summed E-state index contributed by atoms with van der Waals surface area (Å²) in [7, 11) is 1.67. The molecule has 2 amide bonds. The van der Waals surface area contributed by atoms with Crippen molar-refractivity contribution in [2.24, 2.45) is 5.41 Å². The summed E-state index contributed by atoms with van der Waals surface area (Å²) in [5.74, 6) is 0.741. The molecule has 2 aromatic carbocycles. The van der Waals surface area contributed by atoms with Gasteiger partial charge >= 0.3 is 0 Å². The summed E-state index contributed by atoms with van der Waals surface area (Å²) >= 11 is 0. The molecular formula is C27H29N3O3. The van der Waals surface area contributed by atoms with E-state index in [0.29, 0.717) is 38.0 Å². The normalized spacial score (nSPS) is 17.6. The highest BCUT2D eigenvalue weighted by Crippen LogP contribution is 2.36. The Labute approximate surface area is 194 Å². The molecule has 1 saturated heterocycles. The van der Waals surface area contributed by atoms with Gasteiger partial charge < -0.3 is 15.0 Å². The molecule has 1 aliphatic heterocycles. The lowest BCUT2D eigenvalue weighted by Gasteiger charge is -2.28. The number of pyridine rings is 1. The van der Waals surface area contributed by atoms with Crippen LogP contribution in [-0.4, -0.2) is 48.4 Å². The molecule has 0 saturated carbocycles. The van der Waals surface area contributed by atoms with Crippen molar-refractivity contribution in [2.75, 3.05) is 26.7 Å². The third kappa shape index (κ3) is 4.75. The first-order chi connectivity index (χ1) is 16.1. The van der Waals surface area contributed by atoms with Crippen molar-refractivity contribution < 1.29 is 14.3 Å². The zero-order valence-corrected chi connectivity index (χ0v) is 19.1. The van der Waals surface area contributed by atoms with Crippen molar-refractivity contribution in [3.8, 4) is 16.9 Å². The maximum Gasteiger partial charge on any atom is 0.255 e. The molecular weight excluding hydrogens is 414 g/mol. The molecule has 0 bridgehead atoms. The van der Waals surface area contributed by atoms with Crippen LogP contribution in [0.15, 0.2) is 73.1 Å². The molecule has 170 valence electrons. The fraction of sp³-hybridized carbons (Fsp3) is 0.296. The molecule has 6 heteroatoms. The number of methoxy groups -OCH3 is 1. The molecule has 3 aromatic rings. The van der Waals surface area contributed by atoms with Gasteiger partial charge in [-0.25, -0.2) is 0 Å². The maximum atomic E-state index is 13.2. The first-order valence-corrected chi connectivity index (χ1v) is 11.3. The van der Waals surface area contributed by atoms with Gasteiger partial charge in [-0.3, -0.25) is 14.6 Å². The molecule has 0 aliphatic carbocycles. The van der Waals surface area contributed by atoms with Gasteiger partial charge in [0.05, 0.1) is 18.1 Å². The molecule has 1 aliphatic rings. The number of likely N-dealkylation sites (tertiary alicyclic amines) is 1. The van der Waals surface area contributed by atoms with Gasteiger partial charge in [0.25, 0.3) is 5.91 Å². The van der Waals surface area contributed by atoms with E-state index in [-0.39, 0.29) is 11.8 Å². The Morgan fingerprint density at radius 1 is 1.09 bits per heavy atom. The first kappa shape index (κ1) is 22.5. The average Bonchev–Trinajstić information content (AvgIpc) is 3.30. The van der Waals surface area contributed by atoms with Gasteiger partial charge in [-0.2, -0.15) is 0 Å². The predicted octanol–water partition coefficient (Wildman–Crippen LogP) is 3.97. The molecule has 1 atom stereocenters. The highest BCUT2D eigenvalue weighted by molar-refractivity contribution is 5.95. The van der Waals surface area contributed by atoms with Crippen LogP contribution in [0.2, 0.25) is 0 Å². The Kier molecular flexibility index (Phi) is 6.73. The molecule has 0 radical (unpaired) electrons. The van der Waals surface area contributed by atoms with Gasteiger partial charge in [0, 0.05) is 37.6 Å². The zero-order valence-electron chi connectivity index (χ0n) is 19.1. The van der Waals surface area contributed by atoms with E-state index in [1.165, 1.54) is 0 Å². The summed E-state index contributed by atoms with van der Waals surface area (Å²) in [4.78, 5) is 32.0. The van der Waals surface area contributed by atoms with E-state index >= 15 is 0 Å². The number of benzene rings is 2. The van der Waals surface area contributed by atoms with Gasteiger partial charge in [-0.15, -0.1) is 0 Å². The minimum atomic E-state index is -0.653. The highest BCUT2D eigenvalue weighted by atomic mass is 16.5. The highest BCUT2D eigenvalue weighted by Gasteiger charge is 2.45. The van der Waals surface area contributed by atoms with E-state index in [9.17, 15) is 9.59 Å². The number of carbonyl (C=O) groups excluding carboxylic acids is 2. The number of hydrogen-bond acceptors (Lipinski definition) is 4. The number of ether oxygens (including phenoxy) is 1. The number of nitrogens with one attached hydrogen (secondary N) is 1. The Hall–Kier alpha value is -3.67. The summed E-state index contributed by atoms with van der Waals surface area (Å²) in [5.41, 5.74) is 3.04. The maximum absolute atomic E-state index is 13.2. The number of carbonyl (C=O) groups is 2. The number of para-hydroxylation sites is 1. The second kappa shape index (κ2) is 9.86. The largest absolute Gasteiger partial charge is 0.496 e. The number of amides is 2. The van der Waals surface area contributed by atoms with Crippen LogP contribution in [0.25, 0.3) is 11.1 Å². The fourth-order valence-electron chi connectivity index (χ4n) is 4.55. The van der Waals surface area contributed by atoms with Crippen molar-refractivity contribution in [3.63, 3.8) is 0 Å². The van der Waals surface area contributed by atoms with E-state index in [2.05, 4.69) is 34.6 Å². The third-order valence-electron chi connectivity index (χ3n) is 6.28. The monoisotopic (exact) mass is 443 g/mol. The van der Waals surface area contributed by atoms with Crippen molar-refractivity contribution in [1.82, 2.24) is 15.2 Å². The minimum absolute atomic E-state index is 0.000270. The van der Waals surface area contributed by atoms with Gasteiger partial charge in [-0.1, -0.05) is 42.5 Å². The van der Waals surface area contributed by atoms with Crippen molar-refractivity contribution in [2.45, 2.75) is 19.8 Å².